The summed E-state index contributed by atoms with van der Waals surface area (Å²) in [6.45, 7) is 0.834. The van der Waals surface area contributed by atoms with Gasteiger partial charge in [-0.3, -0.25) is 0 Å². The fourth-order valence-electron chi connectivity index (χ4n) is 1.25. The van der Waals surface area contributed by atoms with Crippen LogP contribution in [-0.4, -0.2) is 24.2 Å². The Morgan fingerprint density at radius 1 is 1.44 bits per heavy atom. The van der Waals surface area contributed by atoms with Crippen molar-refractivity contribution in [2.75, 3.05) is 23.4 Å². The number of aromatic nitrogens is 1. The van der Waals surface area contributed by atoms with Crippen molar-refractivity contribution in [3.63, 3.8) is 0 Å². The van der Waals surface area contributed by atoms with E-state index in [1.807, 2.05) is 0 Å². The molecule has 0 aliphatic carbocycles. The molecule has 1 rings (SSSR count). The minimum absolute atomic E-state index is 0.223. The van der Waals surface area contributed by atoms with E-state index in [2.05, 4.69) is 10.4 Å². The summed E-state index contributed by atoms with van der Waals surface area (Å²) >= 11 is 0. The first-order valence-corrected chi connectivity index (χ1v) is 4.71. The normalized spacial score (nSPS) is 11.3. The quantitative estimate of drug-likeness (QED) is 0.615. The predicted molar refractivity (Wildman–Crippen MR) is 56.0 cm³/mol. The highest BCUT2D eigenvalue weighted by molar-refractivity contribution is 5.46. The van der Waals surface area contributed by atoms with Crippen molar-refractivity contribution in [1.82, 2.24) is 4.98 Å². The number of nitrogens with one attached hydrogen (secondary N) is 1. The van der Waals surface area contributed by atoms with Gasteiger partial charge in [-0.15, -0.1) is 0 Å². The molecule has 90 valence electrons. The van der Waals surface area contributed by atoms with Gasteiger partial charge in [0.25, 0.3) is 0 Å². The van der Waals surface area contributed by atoms with Gasteiger partial charge in [-0.25, -0.2) is 10.8 Å². The van der Waals surface area contributed by atoms with Crippen molar-refractivity contribution >= 4 is 11.6 Å². The lowest BCUT2D eigenvalue weighted by Crippen LogP contribution is -2.34. The summed E-state index contributed by atoms with van der Waals surface area (Å²) < 4.78 is 36.8. The molecule has 7 heteroatoms. The van der Waals surface area contributed by atoms with Crippen LogP contribution >= 0.6 is 0 Å². The minimum Gasteiger partial charge on any atom is -0.348 e. The highest BCUT2D eigenvalue weighted by Crippen LogP contribution is 2.21. The number of halogens is 3. The first-order valence-electron chi connectivity index (χ1n) is 4.71. The second kappa shape index (κ2) is 5.02. The summed E-state index contributed by atoms with van der Waals surface area (Å²) in [5.74, 6) is 5.71. The van der Waals surface area contributed by atoms with E-state index in [0.29, 0.717) is 5.82 Å². The zero-order valence-electron chi connectivity index (χ0n) is 8.75. The lowest BCUT2D eigenvalue weighted by Gasteiger charge is -2.23. The van der Waals surface area contributed by atoms with Gasteiger partial charge >= 0.3 is 6.18 Å². The molecule has 0 unspecified atom stereocenters. The maximum absolute atomic E-state index is 12.3. The molecule has 0 fully saturated rings. The van der Waals surface area contributed by atoms with E-state index in [-0.39, 0.29) is 12.4 Å². The van der Waals surface area contributed by atoms with Crippen molar-refractivity contribution < 1.29 is 13.2 Å². The third-order valence-corrected chi connectivity index (χ3v) is 1.96. The zero-order chi connectivity index (χ0) is 12.2. The summed E-state index contributed by atoms with van der Waals surface area (Å²) in [4.78, 5) is 5.06. The summed E-state index contributed by atoms with van der Waals surface area (Å²) in [5.41, 5.74) is 2.29. The molecule has 0 spiro atoms. The van der Waals surface area contributed by atoms with Crippen LogP contribution in [0.1, 0.15) is 6.92 Å². The average Bonchev–Trinajstić information content (AvgIpc) is 2.25. The Bertz CT molecular complexity index is 340. The second-order valence-electron chi connectivity index (χ2n) is 3.15. The first-order chi connectivity index (χ1) is 7.46. The summed E-state index contributed by atoms with van der Waals surface area (Å²) in [6.07, 6.45) is -4.25. The monoisotopic (exact) mass is 234 g/mol. The van der Waals surface area contributed by atoms with Crippen LogP contribution in [0.3, 0.4) is 0 Å². The topological polar surface area (TPSA) is 54.2 Å². The van der Waals surface area contributed by atoms with E-state index in [9.17, 15) is 13.2 Å². The molecule has 1 aromatic heterocycles. The van der Waals surface area contributed by atoms with Crippen molar-refractivity contribution in [2.24, 2.45) is 5.84 Å². The summed E-state index contributed by atoms with van der Waals surface area (Å²) in [5, 5.41) is 0. The molecule has 0 aliphatic rings. The van der Waals surface area contributed by atoms with E-state index in [1.54, 1.807) is 19.1 Å². The number of rotatable bonds is 4. The standard InChI is InChI=1S/C9H13F3N4/c1-2-16(6-9(10,11)12)8-5-3-4-7(14-8)15-13/h3-5H,2,6,13H2,1H3,(H,14,15). The Kier molecular flexibility index (Phi) is 3.94. The Hall–Kier alpha value is -1.50. The van der Waals surface area contributed by atoms with Crippen LogP contribution in [0.4, 0.5) is 24.8 Å². The Balaban J connectivity index is 2.86. The maximum Gasteiger partial charge on any atom is 0.405 e. The number of hydrogen-bond donors (Lipinski definition) is 2. The van der Waals surface area contributed by atoms with Gasteiger partial charge in [0.1, 0.15) is 18.2 Å². The molecule has 0 radical (unpaired) electrons. The molecule has 0 aromatic carbocycles. The SMILES string of the molecule is CCN(CC(F)(F)F)c1cccc(NN)n1. The average molecular weight is 234 g/mol. The fourth-order valence-corrected chi connectivity index (χ4v) is 1.25. The molecule has 1 heterocycles. The van der Waals surface area contributed by atoms with E-state index in [1.165, 1.54) is 6.07 Å². The predicted octanol–water partition coefficient (Wildman–Crippen LogP) is 1.76. The zero-order valence-corrected chi connectivity index (χ0v) is 8.75. The van der Waals surface area contributed by atoms with Crippen LogP contribution < -0.4 is 16.2 Å². The Labute approximate surface area is 91.2 Å². The van der Waals surface area contributed by atoms with Crippen LogP contribution in [0, 0.1) is 0 Å². The molecule has 0 saturated heterocycles. The van der Waals surface area contributed by atoms with Gasteiger partial charge in [-0.2, -0.15) is 13.2 Å². The van der Waals surface area contributed by atoms with E-state index in [4.69, 9.17) is 5.84 Å². The van der Waals surface area contributed by atoms with Crippen molar-refractivity contribution in [3.05, 3.63) is 18.2 Å². The van der Waals surface area contributed by atoms with Crippen LogP contribution in [0.25, 0.3) is 0 Å². The van der Waals surface area contributed by atoms with E-state index >= 15 is 0 Å². The van der Waals surface area contributed by atoms with Gasteiger partial charge in [0, 0.05) is 6.54 Å². The first kappa shape index (κ1) is 12.6. The van der Waals surface area contributed by atoms with E-state index in [0.717, 1.165) is 4.90 Å². The number of nitrogens with zero attached hydrogens (tertiary/aromatic N) is 2. The molecule has 4 nitrogen and oxygen atoms in total. The van der Waals surface area contributed by atoms with Gasteiger partial charge in [-0.05, 0) is 19.1 Å². The maximum atomic E-state index is 12.3. The van der Waals surface area contributed by atoms with Crippen molar-refractivity contribution in [1.29, 1.82) is 0 Å². The van der Waals surface area contributed by atoms with Crippen molar-refractivity contribution in [3.8, 4) is 0 Å². The molecular formula is C9H13F3N4. The van der Waals surface area contributed by atoms with Gasteiger partial charge < -0.3 is 10.3 Å². The molecular weight excluding hydrogens is 221 g/mol. The van der Waals surface area contributed by atoms with Crippen LogP contribution in [0.2, 0.25) is 0 Å². The third-order valence-electron chi connectivity index (χ3n) is 1.96. The number of alkyl halides is 3. The smallest absolute Gasteiger partial charge is 0.348 e. The highest BCUT2D eigenvalue weighted by Gasteiger charge is 2.30. The van der Waals surface area contributed by atoms with Gasteiger partial charge in [-0.1, -0.05) is 6.07 Å². The molecule has 0 bridgehead atoms. The number of nitrogens with two attached hydrogens (primary N) is 1. The second-order valence-corrected chi connectivity index (χ2v) is 3.15. The van der Waals surface area contributed by atoms with Crippen molar-refractivity contribution in [2.45, 2.75) is 13.1 Å². The molecule has 16 heavy (non-hydrogen) atoms. The highest BCUT2D eigenvalue weighted by atomic mass is 19.4. The number of hydrazine groups is 1. The molecule has 1 aromatic rings. The van der Waals surface area contributed by atoms with Crippen LogP contribution in [0.5, 0.6) is 0 Å². The largest absolute Gasteiger partial charge is 0.405 e. The molecule has 0 aliphatic heterocycles. The molecule has 0 amide bonds. The lowest BCUT2D eigenvalue weighted by atomic mass is 10.4. The Morgan fingerprint density at radius 2 is 2.12 bits per heavy atom. The minimum atomic E-state index is -4.25. The van der Waals surface area contributed by atoms with Gasteiger partial charge in [0.15, 0.2) is 0 Å². The Morgan fingerprint density at radius 3 is 2.62 bits per heavy atom. The lowest BCUT2D eigenvalue weighted by molar-refractivity contribution is -0.119. The number of hydrogen-bond acceptors (Lipinski definition) is 4. The number of nitrogen functional groups attached to an aromatic ring is 1. The van der Waals surface area contributed by atoms with Gasteiger partial charge in [0.2, 0.25) is 0 Å². The number of pyridine rings is 1. The summed E-state index contributed by atoms with van der Waals surface area (Å²) in [7, 11) is 0. The van der Waals surface area contributed by atoms with Crippen LogP contribution in [0.15, 0.2) is 18.2 Å². The van der Waals surface area contributed by atoms with Crippen LogP contribution in [-0.2, 0) is 0 Å². The summed E-state index contributed by atoms with van der Waals surface area (Å²) in [6, 6.07) is 4.68. The third kappa shape index (κ3) is 3.58. The van der Waals surface area contributed by atoms with Gasteiger partial charge in [0.05, 0.1) is 0 Å². The molecule has 0 saturated carbocycles. The number of anilines is 2. The fraction of sp³-hybridized carbons (Fsp3) is 0.444. The molecule has 3 N–H and O–H groups in total. The molecule has 0 atom stereocenters. The van der Waals surface area contributed by atoms with E-state index < -0.39 is 12.7 Å².